The summed E-state index contributed by atoms with van der Waals surface area (Å²) in [6.07, 6.45) is -5.29. The summed E-state index contributed by atoms with van der Waals surface area (Å²) in [6.45, 7) is 1.60. The van der Waals surface area contributed by atoms with Crippen LogP contribution in [0.1, 0.15) is 18.3 Å². The molecule has 0 N–H and O–H groups in total. The first kappa shape index (κ1) is 13.4. The number of esters is 1. The Morgan fingerprint density at radius 2 is 2.06 bits per heavy atom. The molecule has 0 aromatic carbocycles. The van der Waals surface area contributed by atoms with Crippen LogP contribution in [-0.4, -0.2) is 17.6 Å². The Balaban J connectivity index is 2.95. The van der Waals surface area contributed by atoms with Crippen LogP contribution in [0.3, 0.4) is 0 Å². The minimum Gasteiger partial charge on any atom is -0.466 e. The van der Waals surface area contributed by atoms with Gasteiger partial charge in [-0.15, -0.1) is 0 Å². The van der Waals surface area contributed by atoms with E-state index in [0.717, 1.165) is 0 Å². The second kappa shape index (κ2) is 5.11. The lowest BCUT2D eigenvalue weighted by atomic mass is 10.2. The third kappa shape index (κ3) is 3.69. The molecule has 0 amide bonds. The number of carbonyl (C=O) groups is 1. The lowest BCUT2D eigenvalue weighted by Gasteiger charge is -2.08. The zero-order chi connectivity index (χ0) is 13.1. The number of ether oxygens (including phenoxy) is 1. The van der Waals surface area contributed by atoms with E-state index in [0.29, 0.717) is 12.1 Å². The van der Waals surface area contributed by atoms with Crippen molar-refractivity contribution in [2.75, 3.05) is 6.61 Å². The van der Waals surface area contributed by atoms with Crippen LogP contribution in [0, 0.1) is 5.82 Å². The zero-order valence-electron chi connectivity index (χ0n) is 8.84. The summed E-state index contributed by atoms with van der Waals surface area (Å²) in [6, 6.07) is 1.15. The van der Waals surface area contributed by atoms with Gasteiger partial charge in [0.05, 0.1) is 18.7 Å². The Hall–Kier alpha value is -1.66. The second-order valence-corrected chi connectivity index (χ2v) is 3.10. The Labute approximate surface area is 94.4 Å². The molecule has 0 aliphatic heterocycles. The van der Waals surface area contributed by atoms with Gasteiger partial charge in [0.2, 0.25) is 0 Å². The van der Waals surface area contributed by atoms with Crippen molar-refractivity contribution in [3.05, 3.63) is 29.3 Å². The summed E-state index contributed by atoms with van der Waals surface area (Å²) >= 11 is 0. The third-order valence-corrected chi connectivity index (χ3v) is 1.83. The first-order chi connectivity index (χ1) is 7.84. The third-order valence-electron chi connectivity index (χ3n) is 1.83. The van der Waals surface area contributed by atoms with Crippen LogP contribution in [0.15, 0.2) is 12.1 Å². The van der Waals surface area contributed by atoms with Gasteiger partial charge in [-0.1, -0.05) is 0 Å². The number of hydrogen-bond donors (Lipinski definition) is 0. The van der Waals surface area contributed by atoms with E-state index >= 15 is 0 Å². The van der Waals surface area contributed by atoms with Crippen LogP contribution >= 0.6 is 0 Å². The second-order valence-electron chi connectivity index (χ2n) is 3.10. The highest BCUT2D eigenvalue weighted by Crippen LogP contribution is 2.28. The fraction of sp³-hybridized carbons (Fsp3) is 0.400. The molecule has 3 nitrogen and oxygen atoms in total. The molecule has 0 saturated carbocycles. The van der Waals surface area contributed by atoms with Gasteiger partial charge in [0.15, 0.2) is 0 Å². The highest BCUT2D eigenvalue weighted by atomic mass is 19.4. The zero-order valence-corrected chi connectivity index (χ0v) is 8.84. The molecule has 0 unspecified atom stereocenters. The minimum atomic E-state index is -4.67. The summed E-state index contributed by atoms with van der Waals surface area (Å²) in [5.74, 6) is -1.79. The quantitative estimate of drug-likeness (QED) is 0.611. The Kier molecular flexibility index (Phi) is 4.03. The van der Waals surface area contributed by atoms with E-state index in [1.54, 1.807) is 0 Å². The number of carbonyl (C=O) groups excluding carboxylic acids is 1. The molecule has 0 radical (unpaired) electrons. The predicted molar refractivity (Wildman–Crippen MR) is 49.5 cm³/mol. The van der Waals surface area contributed by atoms with Gasteiger partial charge in [0.1, 0.15) is 11.5 Å². The first-order valence-corrected chi connectivity index (χ1v) is 4.72. The van der Waals surface area contributed by atoms with Gasteiger partial charge < -0.3 is 4.74 Å². The fourth-order valence-electron chi connectivity index (χ4n) is 1.11. The lowest BCUT2D eigenvalue weighted by Crippen LogP contribution is -2.14. The van der Waals surface area contributed by atoms with Crippen molar-refractivity contribution in [3.8, 4) is 0 Å². The number of pyridine rings is 1. The van der Waals surface area contributed by atoms with E-state index < -0.39 is 35.8 Å². The average molecular weight is 251 g/mol. The molecular weight excluding hydrogens is 242 g/mol. The number of rotatable bonds is 3. The molecule has 7 heteroatoms. The molecule has 0 fully saturated rings. The number of alkyl halides is 3. The standard InChI is InChI=1S/C10H9F4NO2/c1-2-17-9(16)5-7-6(11)3-4-8(15-7)10(12,13)14/h3-4H,2,5H2,1H3. The molecule has 1 aromatic rings. The fourth-order valence-corrected chi connectivity index (χ4v) is 1.11. The van der Waals surface area contributed by atoms with E-state index in [-0.39, 0.29) is 6.61 Å². The van der Waals surface area contributed by atoms with Crippen molar-refractivity contribution in [2.45, 2.75) is 19.5 Å². The van der Waals surface area contributed by atoms with E-state index in [9.17, 15) is 22.4 Å². The van der Waals surface area contributed by atoms with E-state index in [2.05, 4.69) is 9.72 Å². The largest absolute Gasteiger partial charge is 0.466 e. The average Bonchev–Trinajstić information content (AvgIpc) is 2.20. The molecule has 1 rings (SSSR count). The van der Waals surface area contributed by atoms with Crippen LogP contribution < -0.4 is 0 Å². The van der Waals surface area contributed by atoms with Gasteiger partial charge in [-0.3, -0.25) is 4.79 Å². The van der Waals surface area contributed by atoms with Gasteiger partial charge in [-0.2, -0.15) is 13.2 Å². The van der Waals surface area contributed by atoms with Crippen LogP contribution in [0.5, 0.6) is 0 Å². The van der Waals surface area contributed by atoms with Crippen molar-refractivity contribution in [2.24, 2.45) is 0 Å². The summed E-state index contributed by atoms with van der Waals surface area (Å²) in [5, 5.41) is 0. The summed E-state index contributed by atoms with van der Waals surface area (Å²) < 4.78 is 54.5. The Morgan fingerprint density at radius 1 is 1.41 bits per heavy atom. The Bertz CT molecular complexity index is 417. The molecular formula is C10H9F4NO2. The van der Waals surface area contributed by atoms with Crippen molar-refractivity contribution in [3.63, 3.8) is 0 Å². The molecule has 1 heterocycles. The molecule has 94 valence electrons. The maximum absolute atomic E-state index is 13.1. The molecule has 0 atom stereocenters. The van der Waals surface area contributed by atoms with Crippen LogP contribution in [0.25, 0.3) is 0 Å². The molecule has 0 aliphatic carbocycles. The van der Waals surface area contributed by atoms with Gasteiger partial charge in [-0.25, -0.2) is 9.37 Å². The predicted octanol–water partition coefficient (Wildman–Crippen LogP) is 2.35. The van der Waals surface area contributed by atoms with Crippen molar-refractivity contribution in [1.29, 1.82) is 0 Å². The number of aromatic nitrogens is 1. The highest BCUT2D eigenvalue weighted by molar-refractivity contribution is 5.72. The van der Waals surface area contributed by atoms with Crippen molar-refractivity contribution < 1.29 is 27.1 Å². The summed E-state index contributed by atoms with van der Waals surface area (Å²) in [5.41, 5.74) is -1.81. The van der Waals surface area contributed by atoms with E-state index in [4.69, 9.17) is 0 Å². The summed E-state index contributed by atoms with van der Waals surface area (Å²) in [4.78, 5) is 14.1. The summed E-state index contributed by atoms with van der Waals surface area (Å²) in [7, 11) is 0. The lowest BCUT2D eigenvalue weighted by molar-refractivity contribution is -0.144. The maximum atomic E-state index is 13.1. The molecule has 0 aliphatic rings. The first-order valence-electron chi connectivity index (χ1n) is 4.72. The molecule has 0 bridgehead atoms. The normalized spacial score (nSPS) is 11.4. The Morgan fingerprint density at radius 3 is 2.59 bits per heavy atom. The topological polar surface area (TPSA) is 39.2 Å². The molecule has 17 heavy (non-hydrogen) atoms. The molecule has 0 saturated heterocycles. The smallest absolute Gasteiger partial charge is 0.433 e. The molecule has 1 aromatic heterocycles. The van der Waals surface area contributed by atoms with Gasteiger partial charge in [-0.05, 0) is 19.1 Å². The number of halogens is 4. The monoisotopic (exact) mass is 251 g/mol. The number of nitrogens with zero attached hydrogens (tertiary/aromatic N) is 1. The van der Waals surface area contributed by atoms with Gasteiger partial charge >= 0.3 is 12.1 Å². The van der Waals surface area contributed by atoms with Gasteiger partial charge in [0.25, 0.3) is 0 Å². The molecule has 0 spiro atoms. The van der Waals surface area contributed by atoms with E-state index in [1.165, 1.54) is 6.92 Å². The van der Waals surface area contributed by atoms with Crippen LogP contribution in [-0.2, 0) is 22.1 Å². The van der Waals surface area contributed by atoms with Crippen molar-refractivity contribution >= 4 is 5.97 Å². The van der Waals surface area contributed by atoms with Gasteiger partial charge in [0, 0.05) is 0 Å². The van der Waals surface area contributed by atoms with Crippen LogP contribution in [0.4, 0.5) is 17.6 Å². The SMILES string of the molecule is CCOC(=O)Cc1nc(C(F)(F)F)ccc1F. The number of hydrogen-bond acceptors (Lipinski definition) is 3. The van der Waals surface area contributed by atoms with Crippen LogP contribution in [0.2, 0.25) is 0 Å². The maximum Gasteiger partial charge on any atom is 0.433 e. The minimum absolute atomic E-state index is 0.0689. The van der Waals surface area contributed by atoms with E-state index in [1.807, 2.05) is 0 Å². The highest BCUT2D eigenvalue weighted by Gasteiger charge is 2.33. The van der Waals surface area contributed by atoms with Crippen molar-refractivity contribution in [1.82, 2.24) is 4.98 Å².